The van der Waals surface area contributed by atoms with Gasteiger partial charge in [0.2, 0.25) is 0 Å². The quantitative estimate of drug-likeness (QED) is 0.839. The molecule has 2 fully saturated rings. The van der Waals surface area contributed by atoms with Crippen LogP contribution in [0.15, 0.2) is 0 Å². The lowest BCUT2D eigenvalue weighted by Gasteiger charge is -2.40. The van der Waals surface area contributed by atoms with Gasteiger partial charge >= 0.3 is 5.97 Å². The molecule has 0 saturated carbocycles. The first kappa shape index (κ1) is 13.2. The second kappa shape index (κ2) is 5.61. The van der Waals surface area contributed by atoms with Crippen LogP contribution in [0.25, 0.3) is 0 Å². The van der Waals surface area contributed by atoms with E-state index in [0.717, 1.165) is 44.8 Å². The van der Waals surface area contributed by atoms with Crippen LogP contribution >= 0.6 is 11.8 Å². The molecule has 17 heavy (non-hydrogen) atoms. The highest BCUT2D eigenvalue weighted by Crippen LogP contribution is 2.35. The zero-order valence-corrected chi connectivity index (χ0v) is 11.5. The maximum Gasteiger partial charge on any atom is 0.310 e. The Balaban J connectivity index is 1.93. The van der Waals surface area contributed by atoms with Gasteiger partial charge in [0.25, 0.3) is 0 Å². The molecule has 4 heteroatoms. The molecule has 0 aromatic heterocycles. The van der Waals surface area contributed by atoms with E-state index in [1.807, 2.05) is 18.7 Å². The largest absolute Gasteiger partial charge is 0.481 e. The Morgan fingerprint density at radius 1 is 1.59 bits per heavy atom. The van der Waals surface area contributed by atoms with E-state index in [0.29, 0.717) is 0 Å². The van der Waals surface area contributed by atoms with Crippen molar-refractivity contribution in [3.63, 3.8) is 0 Å². The fourth-order valence-corrected chi connectivity index (χ4v) is 4.36. The van der Waals surface area contributed by atoms with Gasteiger partial charge in [-0.1, -0.05) is 6.92 Å². The Labute approximate surface area is 108 Å². The molecule has 0 spiro atoms. The highest BCUT2D eigenvalue weighted by molar-refractivity contribution is 7.99. The highest BCUT2D eigenvalue weighted by Gasteiger charge is 2.41. The van der Waals surface area contributed by atoms with E-state index in [9.17, 15) is 9.90 Å². The van der Waals surface area contributed by atoms with Gasteiger partial charge in [0.1, 0.15) is 0 Å². The van der Waals surface area contributed by atoms with Crippen LogP contribution in [0, 0.1) is 11.3 Å². The van der Waals surface area contributed by atoms with Crippen molar-refractivity contribution in [1.29, 1.82) is 0 Å². The molecule has 0 aromatic rings. The average molecular weight is 257 g/mol. The minimum absolute atomic E-state index is 0.468. The van der Waals surface area contributed by atoms with E-state index in [-0.39, 0.29) is 0 Å². The monoisotopic (exact) mass is 257 g/mol. The molecule has 98 valence electrons. The smallest absolute Gasteiger partial charge is 0.310 e. The summed E-state index contributed by atoms with van der Waals surface area (Å²) in [5, 5.41) is 9.44. The molecule has 2 rings (SSSR count). The predicted molar refractivity (Wildman–Crippen MR) is 71.5 cm³/mol. The number of piperidine rings is 1. The lowest BCUT2D eigenvalue weighted by Crippen LogP contribution is -2.48. The van der Waals surface area contributed by atoms with Crippen molar-refractivity contribution in [3.05, 3.63) is 0 Å². The van der Waals surface area contributed by atoms with Crippen molar-refractivity contribution in [2.75, 3.05) is 31.1 Å². The number of carbonyl (C=O) groups is 1. The zero-order chi connectivity index (χ0) is 12.3. The Hall–Kier alpha value is -0.220. The molecule has 2 heterocycles. The molecular formula is C13H23NO2S. The molecule has 2 unspecified atom stereocenters. The molecule has 0 radical (unpaired) electrons. The van der Waals surface area contributed by atoms with Gasteiger partial charge in [-0.3, -0.25) is 4.79 Å². The van der Waals surface area contributed by atoms with Gasteiger partial charge in [-0.15, -0.1) is 0 Å². The first-order valence-electron chi connectivity index (χ1n) is 6.70. The van der Waals surface area contributed by atoms with Gasteiger partial charge < -0.3 is 10.0 Å². The van der Waals surface area contributed by atoms with Crippen LogP contribution in [0.3, 0.4) is 0 Å². The second-order valence-corrected chi connectivity index (χ2v) is 6.66. The molecule has 1 N–H and O–H groups in total. The lowest BCUT2D eigenvalue weighted by molar-refractivity contribution is -0.153. The Morgan fingerprint density at radius 2 is 2.41 bits per heavy atom. The van der Waals surface area contributed by atoms with Crippen LogP contribution in [0.1, 0.15) is 32.6 Å². The Kier molecular flexibility index (Phi) is 4.36. The maximum absolute atomic E-state index is 11.5. The lowest BCUT2D eigenvalue weighted by atomic mass is 9.77. The summed E-state index contributed by atoms with van der Waals surface area (Å²) in [6.45, 7) is 4.99. The first-order chi connectivity index (χ1) is 8.16. The summed E-state index contributed by atoms with van der Waals surface area (Å²) in [4.78, 5) is 13.9. The molecule has 0 bridgehead atoms. The van der Waals surface area contributed by atoms with Gasteiger partial charge in [-0.2, -0.15) is 11.8 Å². The number of hydrogen-bond donors (Lipinski definition) is 1. The minimum Gasteiger partial charge on any atom is -0.481 e. The molecule has 2 aliphatic heterocycles. The first-order valence-corrected chi connectivity index (χ1v) is 7.85. The number of rotatable bonds is 4. The maximum atomic E-state index is 11.5. The molecule has 2 saturated heterocycles. The van der Waals surface area contributed by atoms with Crippen molar-refractivity contribution >= 4 is 17.7 Å². The average Bonchev–Trinajstić information content (AvgIpc) is 2.82. The van der Waals surface area contributed by atoms with Crippen LogP contribution in [-0.2, 0) is 4.79 Å². The normalized spacial score (nSPS) is 35.0. The Bertz CT molecular complexity index is 279. The molecular weight excluding hydrogens is 234 g/mol. The van der Waals surface area contributed by atoms with Crippen LogP contribution in [0.2, 0.25) is 0 Å². The van der Waals surface area contributed by atoms with E-state index in [1.54, 1.807) is 0 Å². The summed E-state index contributed by atoms with van der Waals surface area (Å²) >= 11 is 2.04. The summed E-state index contributed by atoms with van der Waals surface area (Å²) in [6, 6.07) is 0. The van der Waals surface area contributed by atoms with E-state index >= 15 is 0 Å². The van der Waals surface area contributed by atoms with Crippen LogP contribution in [-0.4, -0.2) is 47.1 Å². The fourth-order valence-electron chi connectivity index (χ4n) is 3.09. The molecule has 0 aliphatic carbocycles. The molecule has 2 aliphatic rings. The molecule has 3 nitrogen and oxygen atoms in total. The van der Waals surface area contributed by atoms with Crippen molar-refractivity contribution in [1.82, 2.24) is 4.90 Å². The summed E-state index contributed by atoms with van der Waals surface area (Å²) < 4.78 is 0. The number of likely N-dealkylation sites (tertiary alicyclic amines) is 1. The van der Waals surface area contributed by atoms with E-state index in [4.69, 9.17) is 0 Å². The number of carboxylic acid groups (broad SMARTS) is 1. The van der Waals surface area contributed by atoms with E-state index in [1.165, 1.54) is 17.9 Å². The third-order valence-corrected chi connectivity index (χ3v) is 5.56. The number of nitrogens with zero attached hydrogens (tertiary/aromatic N) is 1. The van der Waals surface area contributed by atoms with Gasteiger partial charge in [0, 0.05) is 13.1 Å². The highest BCUT2D eigenvalue weighted by atomic mass is 32.2. The van der Waals surface area contributed by atoms with Crippen molar-refractivity contribution in [2.24, 2.45) is 11.3 Å². The van der Waals surface area contributed by atoms with Gasteiger partial charge in [0.15, 0.2) is 0 Å². The van der Waals surface area contributed by atoms with Gasteiger partial charge in [-0.25, -0.2) is 0 Å². The van der Waals surface area contributed by atoms with Crippen LogP contribution in [0.4, 0.5) is 0 Å². The fraction of sp³-hybridized carbons (Fsp3) is 0.923. The third-order valence-electron chi connectivity index (χ3n) is 4.33. The summed E-state index contributed by atoms with van der Waals surface area (Å²) in [7, 11) is 0. The minimum atomic E-state index is -0.592. The summed E-state index contributed by atoms with van der Waals surface area (Å²) in [5.41, 5.74) is -0.468. The molecule has 2 atom stereocenters. The number of hydrogen-bond acceptors (Lipinski definition) is 3. The van der Waals surface area contributed by atoms with Crippen molar-refractivity contribution < 1.29 is 9.90 Å². The molecule has 0 amide bonds. The van der Waals surface area contributed by atoms with E-state index < -0.39 is 11.4 Å². The predicted octanol–water partition coefficient (Wildman–Crippen LogP) is 2.32. The van der Waals surface area contributed by atoms with Gasteiger partial charge in [-0.05, 0) is 49.7 Å². The zero-order valence-electron chi connectivity index (χ0n) is 10.7. The second-order valence-electron chi connectivity index (χ2n) is 5.51. The topological polar surface area (TPSA) is 40.5 Å². The number of thioether (sulfide) groups is 1. The van der Waals surface area contributed by atoms with E-state index in [2.05, 4.69) is 4.90 Å². The molecule has 0 aromatic carbocycles. The summed E-state index contributed by atoms with van der Waals surface area (Å²) in [5.74, 6) is 2.76. The van der Waals surface area contributed by atoms with Crippen molar-refractivity contribution in [2.45, 2.75) is 32.6 Å². The SMILES string of the molecule is CCC1(C(=O)O)CCCN(CC2CCSC2)C1. The van der Waals surface area contributed by atoms with Gasteiger partial charge in [0.05, 0.1) is 5.41 Å². The summed E-state index contributed by atoms with van der Waals surface area (Å²) in [6.07, 6.45) is 3.97. The van der Waals surface area contributed by atoms with Crippen LogP contribution in [0.5, 0.6) is 0 Å². The third kappa shape index (κ3) is 2.97. The standard InChI is InChI=1S/C13H23NO2S/c1-2-13(12(15)16)5-3-6-14(10-13)8-11-4-7-17-9-11/h11H,2-10H2,1H3,(H,15,16). The Morgan fingerprint density at radius 3 is 3.00 bits per heavy atom. The number of aliphatic carboxylic acids is 1. The van der Waals surface area contributed by atoms with Crippen molar-refractivity contribution in [3.8, 4) is 0 Å². The van der Waals surface area contributed by atoms with Crippen LogP contribution < -0.4 is 0 Å². The number of carboxylic acids is 1.